The van der Waals surface area contributed by atoms with Gasteiger partial charge in [-0.25, -0.2) is 4.79 Å². The third-order valence-corrected chi connectivity index (χ3v) is 5.84. The lowest BCUT2D eigenvalue weighted by atomic mass is 9.91. The van der Waals surface area contributed by atoms with Gasteiger partial charge in [0.25, 0.3) is 0 Å². The van der Waals surface area contributed by atoms with Crippen molar-refractivity contribution >= 4 is 23.8 Å². The number of hydrogen-bond acceptors (Lipinski definition) is 5. The number of amides is 4. The van der Waals surface area contributed by atoms with E-state index in [1.54, 1.807) is 26.8 Å². The smallest absolute Gasteiger partial charge is 0.408 e. The molecule has 202 valence electrons. The fourth-order valence-electron chi connectivity index (χ4n) is 3.71. The Morgan fingerprint density at radius 1 is 1.08 bits per heavy atom. The largest absolute Gasteiger partial charge is 0.444 e. The van der Waals surface area contributed by atoms with E-state index in [0.717, 1.165) is 18.4 Å². The number of unbranched alkanes of at least 4 members (excludes halogenated alkanes) is 1. The monoisotopic (exact) mass is 504 g/mol. The van der Waals surface area contributed by atoms with Crippen LogP contribution in [0.5, 0.6) is 0 Å². The Kier molecular flexibility index (Phi) is 11.4. The maximum Gasteiger partial charge on any atom is 0.408 e. The Morgan fingerprint density at radius 3 is 2.22 bits per heavy atom. The number of nitrogens with one attached hydrogen (secondary N) is 2. The summed E-state index contributed by atoms with van der Waals surface area (Å²) >= 11 is 0. The van der Waals surface area contributed by atoms with Gasteiger partial charge in [-0.05, 0) is 59.9 Å². The highest BCUT2D eigenvalue weighted by Gasteiger charge is 2.43. The van der Waals surface area contributed by atoms with Gasteiger partial charge in [-0.3, -0.25) is 14.4 Å². The van der Waals surface area contributed by atoms with Crippen molar-refractivity contribution in [1.29, 1.82) is 0 Å². The zero-order valence-corrected chi connectivity index (χ0v) is 23.1. The third-order valence-electron chi connectivity index (χ3n) is 5.84. The molecule has 1 aromatic carbocycles. The highest BCUT2D eigenvalue weighted by atomic mass is 16.6. The van der Waals surface area contributed by atoms with Gasteiger partial charge in [0.05, 0.1) is 6.42 Å². The van der Waals surface area contributed by atoms with Gasteiger partial charge in [0.15, 0.2) is 0 Å². The van der Waals surface area contributed by atoms with Gasteiger partial charge in [0.1, 0.15) is 17.7 Å². The summed E-state index contributed by atoms with van der Waals surface area (Å²) in [6, 6.07) is 5.11. The van der Waals surface area contributed by atoms with E-state index in [1.807, 2.05) is 52.8 Å². The number of hydrogen-bond donors (Lipinski definition) is 3. The molecule has 0 saturated carbocycles. The van der Waals surface area contributed by atoms with Gasteiger partial charge in [-0.2, -0.15) is 0 Å². The van der Waals surface area contributed by atoms with Crippen LogP contribution in [0.4, 0.5) is 4.79 Å². The van der Waals surface area contributed by atoms with Crippen molar-refractivity contribution in [2.24, 2.45) is 5.73 Å². The van der Waals surface area contributed by atoms with Crippen LogP contribution in [-0.2, 0) is 19.1 Å². The van der Waals surface area contributed by atoms with Crippen LogP contribution in [0.3, 0.4) is 0 Å². The van der Waals surface area contributed by atoms with Gasteiger partial charge in [0, 0.05) is 12.1 Å². The van der Waals surface area contributed by atoms with Crippen LogP contribution in [0, 0.1) is 6.92 Å². The molecule has 0 radical (unpaired) electrons. The molecule has 0 heterocycles. The Bertz CT molecular complexity index is 923. The lowest BCUT2D eigenvalue weighted by Gasteiger charge is -2.44. The maximum atomic E-state index is 14.1. The number of ether oxygens (including phenoxy) is 1. The average molecular weight is 505 g/mol. The van der Waals surface area contributed by atoms with Crippen molar-refractivity contribution in [3.05, 3.63) is 35.4 Å². The van der Waals surface area contributed by atoms with Crippen LogP contribution >= 0.6 is 0 Å². The summed E-state index contributed by atoms with van der Waals surface area (Å²) in [5.41, 5.74) is 5.39. The first-order valence-corrected chi connectivity index (χ1v) is 12.6. The van der Waals surface area contributed by atoms with Crippen molar-refractivity contribution in [2.45, 2.75) is 104 Å². The van der Waals surface area contributed by atoms with Crippen molar-refractivity contribution < 1.29 is 23.9 Å². The first-order chi connectivity index (χ1) is 16.6. The molecule has 0 fully saturated rings. The molecule has 1 rings (SSSR count). The highest BCUT2D eigenvalue weighted by Crippen LogP contribution is 2.32. The second-order valence-corrected chi connectivity index (χ2v) is 10.7. The third kappa shape index (κ3) is 9.51. The molecule has 0 aromatic heterocycles. The first kappa shape index (κ1) is 30.9. The summed E-state index contributed by atoms with van der Waals surface area (Å²) in [7, 11) is 0. The zero-order chi connectivity index (χ0) is 27.7. The fourth-order valence-corrected chi connectivity index (χ4v) is 3.71. The van der Waals surface area contributed by atoms with Gasteiger partial charge in [0.2, 0.25) is 17.7 Å². The number of aryl methyl sites for hydroxylation is 1. The molecule has 0 aliphatic rings. The predicted molar refractivity (Wildman–Crippen MR) is 140 cm³/mol. The number of nitrogens with zero attached hydrogens (tertiary/aromatic N) is 1. The molecule has 36 heavy (non-hydrogen) atoms. The van der Waals surface area contributed by atoms with Crippen LogP contribution in [0.15, 0.2) is 24.3 Å². The Balaban J connectivity index is 3.60. The molecule has 2 unspecified atom stereocenters. The standard InChI is InChI=1S/C27H44N4O5/c1-9-11-15-29-23(33)22(19-14-12-13-18(3)16-19)31(27(7,8)10-2)24(34)20(17-21(28)32)30-25(35)36-26(4,5)6/h12-14,16,20,22H,9-11,15,17H2,1-8H3,(H2,28,32)(H,29,33)(H,30,35). The predicted octanol–water partition coefficient (Wildman–Crippen LogP) is 3.74. The zero-order valence-electron chi connectivity index (χ0n) is 23.1. The molecule has 0 aliphatic heterocycles. The lowest BCUT2D eigenvalue weighted by molar-refractivity contribution is -0.150. The summed E-state index contributed by atoms with van der Waals surface area (Å²) in [4.78, 5) is 53.6. The molecule has 9 heteroatoms. The molecule has 0 bridgehead atoms. The molecule has 0 spiro atoms. The molecule has 0 saturated heterocycles. The lowest BCUT2D eigenvalue weighted by Crippen LogP contribution is -2.60. The number of primary amides is 1. The van der Waals surface area contributed by atoms with E-state index < -0.39 is 47.6 Å². The molecule has 0 aliphatic carbocycles. The molecule has 2 atom stereocenters. The summed E-state index contributed by atoms with van der Waals surface area (Å²) in [5.74, 6) is -1.69. The van der Waals surface area contributed by atoms with E-state index in [2.05, 4.69) is 10.6 Å². The Morgan fingerprint density at radius 2 is 1.72 bits per heavy atom. The van der Waals surface area contributed by atoms with E-state index in [1.165, 1.54) is 4.90 Å². The maximum absolute atomic E-state index is 14.1. The van der Waals surface area contributed by atoms with Gasteiger partial charge >= 0.3 is 6.09 Å². The summed E-state index contributed by atoms with van der Waals surface area (Å²) in [6.45, 7) is 15.1. The molecular formula is C27H44N4O5. The van der Waals surface area contributed by atoms with E-state index in [4.69, 9.17) is 10.5 Å². The van der Waals surface area contributed by atoms with Crippen molar-refractivity contribution in [3.63, 3.8) is 0 Å². The second-order valence-electron chi connectivity index (χ2n) is 10.7. The van der Waals surface area contributed by atoms with Crippen LogP contribution in [0.2, 0.25) is 0 Å². The topological polar surface area (TPSA) is 131 Å². The summed E-state index contributed by atoms with van der Waals surface area (Å²) in [6.07, 6.45) is 0.919. The molecule has 9 nitrogen and oxygen atoms in total. The number of benzene rings is 1. The molecule has 4 N–H and O–H groups in total. The van der Waals surface area contributed by atoms with Crippen LogP contribution in [-0.4, -0.2) is 52.4 Å². The fraction of sp³-hybridized carbons (Fsp3) is 0.630. The minimum atomic E-state index is -1.31. The number of alkyl carbamates (subject to hydrolysis) is 1. The van der Waals surface area contributed by atoms with E-state index in [0.29, 0.717) is 18.5 Å². The Hall–Kier alpha value is -3.10. The van der Waals surface area contributed by atoms with Crippen LogP contribution < -0.4 is 16.4 Å². The van der Waals surface area contributed by atoms with Crippen molar-refractivity contribution in [2.75, 3.05) is 6.54 Å². The van der Waals surface area contributed by atoms with E-state index in [-0.39, 0.29) is 5.91 Å². The molecular weight excluding hydrogens is 460 g/mol. The average Bonchev–Trinajstić information content (AvgIpc) is 2.74. The van der Waals surface area contributed by atoms with Crippen LogP contribution in [0.25, 0.3) is 0 Å². The summed E-state index contributed by atoms with van der Waals surface area (Å²) in [5, 5.41) is 5.45. The van der Waals surface area contributed by atoms with E-state index >= 15 is 0 Å². The highest BCUT2D eigenvalue weighted by molar-refractivity contribution is 5.95. The number of carbonyl (C=O) groups is 4. The first-order valence-electron chi connectivity index (χ1n) is 12.6. The normalized spacial score (nSPS) is 13.3. The van der Waals surface area contributed by atoms with Gasteiger partial charge in [-0.1, -0.05) is 50.1 Å². The summed E-state index contributed by atoms with van der Waals surface area (Å²) < 4.78 is 5.31. The minimum absolute atomic E-state index is 0.334. The van der Waals surface area contributed by atoms with Crippen molar-refractivity contribution in [3.8, 4) is 0 Å². The molecule has 1 aromatic rings. The SMILES string of the molecule is CCCCNC(=O)C(c1cccc(C)c1)N(C(=O)C(CC(N)=O)NC(=O)OC(C)(C)C)C(C)(C)CC. The molecule has 4 amide bonds. The van der Waals surface area contributed by atoms with Gasteiger partial charge in [-0.15, -0.1) is 0 Å². The van der Waals surface area contributed by atoms with Gasteiger partial charge < -0.3 is 26.0 Å². The number of rotatable bonds is 12. The Labute approximate surface area is 215 Å². The van der Waals surface area contributed by atoms with E-state index in [9.17, 15) is 19.2 Å². The van der Waals surface area contributed by atoms with Crippen molar-refractivity contribution in [1.82, 2.24) is 15.5 Å². The van der Waals surface area contributed by atoms with Crippen LogP contribution in [0.1, 0.15) is 91.3 Å². The number of nitrogens with two attached hydrogens (primary N) is 1. The quantitative estimate of drug-likeness (QED) is 0.373. The minimum Gasteiger partial charge on any atom is -0.444 e. The number of carbonyl (C=O) groups excluding carboxylic acids is 4. The second kappa shape index (κ2) is 13.3.